The molecular weight excluding hydrogens is 535 g/mol. The number of benzene rings is 1. The first-order valence-electron chi connectivity index (χ1n) is 12.0. The number of aromatic amines is 1. The van der Waals surface area contributed by atoms with E-state index < -0.39 is 42.5 Å². The molecule has 2 aromatic heterocycles. The Morgan fingerprint density at radius 3 is 2.65 bits per heavy atom. The Kier molecular flexibility index (Phi) is 9.95. The lowest BCUT2D eigenvalue weighted by Crippen LogP contribution is -2.44. The second kappa shape index (κ2) is 13.4. The molecule has 40 heavy (non-hydrogen) atoms. The van der Waals surface area contributed by atoms with Crippen LogP contribution in [0.2, 0.25) is 0 Å². The molecule has 0 saturated heterocycles. The molecule has 0 aliphatic heterocycles. The van der Waals surface area contributed by atoms with E-state index in [1.807, 2.05) is 0 Å². The van der Waals surface area contributed by atoms with Gasteiger partial charge in [0.15, 0.2) is 0 Å². The number of halogens is 3. The molecule has 0 saturated carbocycles. The fourth-order valence-electron chi connectivity index (χ4n) is 3.76. The molecule has 14 heteroatoms. The quantitative estimate of drug-likeness (QED) is 0.249. The van der Waals surface area contributed by atoms with Crippen LogP contribution in [0.4, 0.5) is 23.7 Å². The minimum absolute atomic E-state index is 0.0257. The summed E-state index contributed by atoms with van der Waals surface area (Å²) < 4.78 is 45.4. The van der Waals surface area contributed by atoms with Crippen LogP contribution < -0.4 is 20.9 Å². The molecule has 0 bridgehead atoms. The molecule has 2 heterocycles. The van der Waals surface area contributed by atoms with Crippen molar-refractivity contribution in [2.75, 3.05) is 26.0 Å². The van der Waals surface area contributed by atoms with Crippen molar-refractivity contribution in [2.24, 2.45) is 0 Å². The maximum atomic E-state index is 14.0. The molecule has 4 N–H and O–H groups in total. The fourth-order valence-corrected chi connectivity index (χ4v) is 3.76. The van der Waals surface area contributed by atoms with E-state index in [1.165, 1.54) is 52.1 Å². The van der Waals surface area contributed by atoms with E-state index in [0.717, 1.165) is 6.07 Å². The number of H-pyrrole nitrogens is 1. The summed E-state index contributed by atoms with van der Waals surface area (Å²) in [5, 5.41) is 14.0. The monoisotopic (exact) mass is 563 g/mol. The van der Waals surface area contributed by atoms with Crippen LogP contribution in [-0.4, -0.2) is 70.6 Å². The maximum Gasteiger partial charge on any atom is 0.405 e. The predicted octanol–water partition coefficient (Wildman–Crippen LogP) is 3.16. The number of ether oxygens (including phenoxy) is 1. The van der Waals surface area contributed by atoms with Gasteiger partial charge in [0.2, 0.25) is 11.8 Å². The zero-order valence-corrected chi connectivity index (χ0v) is 21.6. The molecule has 1 unspecified atom stereocenters. The Labute approximate surface area is 226 Å². The number of alkyl halides is 2. The molecule has 0 aliphatic rings. The highest BCUT2D eigenvalue weighted by Crippen LogP contribution is 2.28. The summed E-state index contributed by atoms with van der Waals surface area (Å²) in [6.07, 6.45) is 0.302. The van der Waals surface area contributed by atoms with Crippen LogP contribution in [0.5, 0.6) is 5.75 Å². The standard InChI is InChI=1S/C26H28F3N5O6/c1-33(2)22(35)8-4-3-6-18(32-26(38)39)24(36)31-19-7-5-9-34(25(19)37)13-17-11-15-10-16(27)12-20(23(15)30-17)40-14-21(28)29/h4-5,7-12,18,21,30,32H,3,6,13-14H2,1-2H3,(H,31,36)(H,38,39). The lowest BCUT2D eigenvalue weighted by molar-refractivity contribution is -0.123. The summed E-state index contributed by atoms with van der Waals surface area (Å²) in [6, 6.07) is 5.33. The topological polar surface area (TPSA) is 146 Å². The van der Waals surface area contributed by atoms with Crippen molar-refractivity contribution in [2.45, 2.75) is 31.9 Å². The van der Waals surface area contributed by atoms with Gasteiger partial charge in [-0.3, -0.25) is 14.4 Å². The van der Waals surface area contributed by atoms with E-state index in [4.69, 9.17) is 9.84 Å². The van der Waals surface area contributed by atoms with Gasteiger partial charge in [0.25, 0.3) is 12.0 Å². The molecule has 11 nitrogen and oxygen atoms in total. The van der Waals surface area contributed by atoms with Gasteiger partial charge in [0.1, 0.15) is 29.9 Å². The second-order valence-corrected chi connectivity index (χ2v) is 8.92. The molecule has 3 rings (SSSR count). The SMILES string of the molecule is CN(C)C(=O)C=CCCC(NC(=O)O)C(=O)Nc1cccn(Cc2cc3cc(F)cc(OCC(F)F)c3[nH]2)c1=O. The van der Waals surface area contributed by atoms with Crippen LogP contribution in [0.25, 0.3) is 10.9 Å². The number of carbonyl (C=O) groups is 3. The molecule has 1 aromatic carbocycles. The van der Waals surface area contributed by atoms with Crippen molar-refractivity contribution in [3.63, 3.8) is 0 Å². The Balaban J connectivity index is 1.76. The highest BCUT2D eigenvalue weighted by molar-refractivity contribution is 5.96. The van der Waals surface area contributed by atoms with Gasteiger partial charge in [-0.1, -0.05) is 6.08 Å². The summed E-state index contributed by atoms with van der Waals surface area (Å²) in [7, 11) is 3.14. The van der Waals surface area contributed by atoms with Crippen LogP contribution >= 0.6 is 0 Å². The Morgan fingerprint density at radius 2 is 1.98 bits per heavy atom. The molecule has 214 valence electrons. The number of allylic oxidation sites excluding steroid dienone is 1. The van der Waals surface area contributed by atoms with E-state index in [-0.39, 0.29) is 42.2 Å². The van der Waals surface area contributed by atoms with Gasteiger partial charge in [0, 0.05) is 37.4 Å². The van der Waals surface area contributed by atoms with E-state index in [2.05, 4.69) is 15.6 Å². The zero-order chi connectivity index (χ0) is 29.4. The summed E-state index contributed by atoms with van der Waals surface area (Å²) in [5.74, 6) is -1.83. The van der Waals surface area contributed by atoms with Crippen LogP contribution in [0.3, 0.4) is 0 Å². The van der Waals surface area contributed by atoms with Crippen LogP contribution in [0.15, 0.2) is 53.5 Å². The van der Waals surface area contributed by atoms with Crippen molar-refractivity contribution in [1.29, 1.82) is 0 Å². The number of hydrogen-bond donors (Lipinski definition) is 4. The lowest BCUT2D eigenvalue weighted by Gasteiger charge is -2.16. The van der Waals surface area contributed by atoms with Gasteiger partial charge in [-0.15, -0.1) is 0 Å². The first-order valence-corrected chi connectivity index (χ1v) is 12.0. The summed E-state index contributed by atoms with van der Waals surface area (Å²) >= 11 is 0. The fraction of sp³-hybridized carbons (Fsp3) is 0.308. The van der Waals surface area contributed by atoms with Crippen LogP contribution in [0.1, 0.15) is 18.5 Å². The number of hydrogen-bond acceptors (Lipinski definition) is 5. The third-order valence-electron chi connectivity index (χ3n) is 5.63. The van der Waals surface area contributed by atoms with Gasteiger partial charge < -0.3 is 34.9 Å². The molecule has 3 amide bonds. The second-order valence-electron chi connectivity index (χ2n) is 8.92. The number of rotatable bonds is 12. The molecule has 0 radical (unpaired) electrons. The van der Waals surface area contributed by atoms with Crippen LogP contribution in [-0.2, 0) is 16.1 Å². The number of fused-ring (bicyclic) bond motifs is 1. The third kappa shape index (κ3) is 8.12. The molecule has 3 aromatic rings. The Bertz CT molecular complexity index is 1470. The first kappa shape index (κ1) is 29.8. The number of anilines is 1. The minimum atomic E-state index is -2.75. The Morgan fingerprint density at radius 1 is 1.23 bits per heavy atom. The van der Waals surface area contributed by atoms with Gasteiger partial charge >= 0.3 is 6.09 Å². The summed E-state index contributed by atoms with van der Waals surface area (Å²) in [5.41, 5.74) is -0.0254. The molecule has 0 spiro atoms. The van der Waals surface area contributed by atoms with Gasteiger partial charge in [0.05, 0.1) is 12.1 Å². The highest BCUT2D eigenvalue weighted by atomic mass is 19.3. The largest absolute Gasteiger partial charge is 0.485 e. The van der Waals surface area contributed by atoms with E-state index in [9.17, 15) is 32.3 Å². The minimum Gasteiger partial charge on any atom is -0.485 e. The van der Waals surface area contributed by atoms with Crippen molar-refractivity contribution in [1.82, 2.24) is 19.8 Å². The summed E-state index contributed by atoms with van der Waals surface area (Å²) in [6.45, 7) is -0.967. The number of nitrogens with zero attached hydrogens (tertiary/aromatic N) is 2. The number of aromatic nitrogens is 2. The van der Waals surface area contributed by atoms with Gasteiger partial charge in [-0.25, -0.2) is 18.0 Å². The highest BCUT2D eigenvalue weighted by Gasteiger charge is 2.21. The normalized spacial score (nSPS) is 12.1. The number of nitrogens with one attached hydrogen (secondary N) is 3. The summed E-state index contributed by atoms with van der Waals surface area (Å²) in [4.78, 5) is 53.0. The zero-order valence-electron chi connectivity index (χ0n) is 21.6. The molecular formula is C26H28F3N5O6. The number of carbonyl (C=O) groups excluding carboxylic acids is 2. The Hall–Kier alpha value is -4.75. The number of likely N-dealkylation sites (N-methyl/N-ethyl adjacent to an activating group) is 1. The number of pyridine rings is 1. The molecule has 1 atom stereocenters. The van der Waals surface area contributed by atoms with Crippen LogP contribution in [0, 0.1) is 5.82 Å². The van der Waals surface area contributed by atoms with E-state index >= 15 is 0 Å². The average molecular weight is 564 g/mol. The number of carboxylic acid groups (broad SMARTS) is 1. The third-order valence-corrected chi connectivity index (χ3v) is 5.63. The maximum absolute atomic E-state index is 14.0. The average Bonchev–Trinajstić information content (AvgIpc) is 3.28. The van der Waals surface area contributed by atoms with Gasteiger partial charge in [-0.2, -0.15) is 0 Å². The molecule has 0 fully saturated rings. The number of amides is 3. The lowest BCUT2D eigenvalue weighted by atomic mass is 10.1. The predicted molar refractivity (Wildman–Crippen MR) is 140 cm³/mol. The van der Waals surface area contributed by atoms with Crippen molar-refractivity contribution >= 4 is 34.5 Å². The van der Waals surface area contributed by atoms with Gasteiger partial charge in [-0.05, 0) is 43.2 Å². The van der Waals surface area contributed by atoms with Crippen molar-refractivity contribution in [3.8, 4) is 5.75 Å². The van der Waals surface area contributed by atoms with E-state index in [1.54, 1.807) is 14.1 Å². The first-order chi connectivity index (χ1) is 18.9. The van der Waals surface area contributed by atoms with Crippen molar-refractivity contribution in [3.05, 3.63) is 70.5 Å². The smallest absolute Gasteiger partial charge is 0.405 e. The van der Waals surface area contributed by atoms with E-state index in [0.29, 0.717) is 11.1 Å². The molecule has 0 aliphatic carbocycles. The van der Waals surface area contributed by atoms with Crippen molar-refractivity contribution < 1.29 is 37.4 Å².